The molecular weight excluding hydrogens is 460 g/mol. The molecule has 0 aliphatic heterocycles. The molecule has 0 saturated carbocycles. The highest BCUT2D eigenvalue weighted by atomic mass is 35.5. The summed E-state index contributed by atoms with van der Waals surface area (Å²) in [5.41, 5.74) is 3.21. The fraction of sp³-hybridized carbons (Fsp3) is 0.211. The minimum atomic E-state index is -0.868. The van der Waals surface area contributed by atoms with E-state index in [1.54, 1.807) is 44.2 Å². The molecule has 0 saturated heterocycles. The average molecular weight is 477 g/mol. The Balaban J connectivity index is 1.87. The van der Waals surface area contributed by atoms with E-state index in [1.165, 1.54) is 6.07 Å². The van der Waals surface area contributed by atoms with Gasteiger partial charge in [0.1, 0.15) is 5.75 Å². The summed E-state index contributed by atoms with van der Waals surface area (Å²) in [5.74, 6) is -0.521. The van der Waals surface area contributed by atoms with Crippen molar-refractivity contribution in [3.05, 3.63) is 56.5 Å². The van der Waals surface area contributed by atoms with Crippen molar-refractivity contribution in [2.45, 2.75) is 26.4 Å². The number of nitrogens with zero attached hydrogens (tertiary/aromatic N) is 1. The first-order chi connectivity index (χ1) is 13.6. The SMILES string of the molecule is C/C(CC(=O)Nc1cc(Cl)cc(Cl)c1)=N/NC(=O)[C@@H](C)Oc1ccc(Cl)cc1Cl. The molecule has 0 fully saturated rings. The van der Waals surface area contributed by atoms with E-state index in [0.717, 1.165) is 0 Å². The molecule has 10 heteroatoms. The number of hydrogen-bond acceptors (Lipinski definition) is 4. The van der Waals surface area contributed by atoms with Gasteiger partial charge in [-0.15, -0.1) is 0 Å². The highest BCUT2D eigenvalue weighted by molar-refractivity contribution is 6.36. The Kier molecular flexibility index (Phi) is 8.59. The van der Waals surface area contributed by atoms with Crippen molar-refractivity contribution in [3.8, 4) is 5.75 Å². The maximum Gasteiger partial charge on any atom is 0.280 e. The topological polar surface area (TPSA) is 79.8 Å². The summed E-state index contributed by atoms with van der Waals surface area (Å²) >= 11 is 23.6. The number of anilines is 1. The predicted molar refractivity (Wildman–Crippen MR) is 118 cm³/mol. The third kappa shape index (κ3) is 7.74. The Morgan fingerprint density at radius 2 is 1.69 bits per heavy atom. The highest BCUT2D eigenvalue weighted by Gasteiger charge is 2.16. The van der Waals surface area contributed by atoms with Crippen molar-refractivity contribution in [3.63, 3.8) is 0 Å². The highest BCUT2D eigenvalue weighted by Crippen LogP contribution is 2.28. The van der Waals surface area contributed by atoms with Crippen molar-refractivity contribution >= 4 is 69.6 Å². The summed E-state index contributed by atoms with van der Waals surface area (Å²) in [6.45, 7) is 3.15. The van der Waals surface area contributed by atoms with E-state index in [9.17, 15) is 9.59 Å². The Morgan fingerprint density at radius 1 is 1.03 bits per heavy atom. The zero-order valence-corrected chi connectivity index (χ0v) is 18.5. The maximum atomic E-state index is 12.1. The van der Waals surface area contributed by atoms with Gasteiger partial charge < -0.3 is 10.1 Å². The lowest BCUT2D eigenvalue weighted by Gasteiger charge is -2.14. The minimum absolute atomic E-state index is 0.0390. The number of carbonyl (C=O) groups is 2. The van der Waals surface area contributed by atoms with Gasteiger partial charge in [-0.05, 0) is 50.2 Å². The van der Waals surface area contributed by atoms with Crippen LogP contribution in [-0.2, 0) is 9.59 Å². The summed E-state index contributed by atoms with van der Waals surface area (Å²) in [4.78, 5) is 24.2. The van der Waals surface area contributed by atoms with Crippen LogP contribution in [0.2, 0.25) is 20.1 Å². The molecule has 0 aliphatic rings. The van der Waals surface area contributed by atoms with Gasteiger partial charge >= 0.3 is 0 Å². The molecule has 2 amide bonds. The quantitative estimate of drug-likeness (QED) is 0.403. The number of hydrogen-bond donors (Lipinski definition) is 2. The summed E-state index contributed by atoms with van der Waals surface area (Å²) in [6, 6.07) is 9.37. The summed E-state index contributed by atoms with van der Waals surface area (Å²) in [7, 11) is 0. The largest absolute Gasteiger partial charge is 0.479 e. The Labute approximate surface area is 188 Å². The average Bonchev–Trinajstić information content (AvgIpc) is 2.60. The molecule has 2 rings (SSSR count). The molecule has 0 bridgehead atoms. The Morgan fingerprint density at radius 3 is 2.31 bits per heavy atom. The molecule has 0 spiro atoms. The fourth-order valence-electron chi connectivity index (χ4n) is 2.16. The van der Waals surface area contributed by atoms with E-state index in [0.29, 0.717) is 32.2 Å². The van der Waals surface area contributed by atoms with E-state index >= 15 is 0 Å². The molecule has 0 aliphatic carbocycles. The molecular formula is C19H17Cl4N3O3. The second-order valence-electron chi connectivity index (χ2n) is 6.04. The molecule has 2 aromatic carbocycles. The Bertz CT molecular complexity index is 930. The van der Waals surface area contributed by atoms with Crippen molar-refractivity contribution in [1.29, 1.82) is 0 Å². The van der Waals surface area contributed by atoms with Crippen LogP contribution in [0.1, 0.15) is 20.3 Å². The van der Waals surface area contributed by atoms with Crippen LogP contribution < -0.4 is 15.5 Å². The minimum Gasteiger partial charge on any atom is -0.479 e. The number of halogens is 4. The standard InChI is InChI=1S/C19H17Cl4N3O3/c1-10(5-18(27)24-15-7-13(21)6-14(22)8-15)25-26-19(28)11(2)29-17-4-3-12(20)9-16(17)23/h3-4,6-9,11H,5H2,1-2H3,(H,24,27)(H,26,28)/b25-10-/t11-/m1/s1. The first-order valence-corrected chi connectivity index (χ1v) is 9.86. The van der Waals surface area contributed by atoms with E-state index < -0.39 is 12.0 Å². The maximum absolute atomic E-state index is 12.1. The molecule has 154 valence electrons. The van der Waals surface area contributed by atoms with E-state index in [4.69, 9.17) is 51.1 Å². The molecule has 2 aromatic rings. The van der Waals surface area contributed by atoms with Crippen LogP contribution in [0.3, 0.4) is 0 Å². The summed E-state index contributed by atoms with van der Waals surface area (Å²) in [6.07, 6.45) is -0.907. The fourth-order valence-corrected chi connectivity index (χ4v) is 3.14. The molecule has 29 heavy (non-hydrogen) atoms. The number of hydrazone groups is 1. The van der Waals surface area contributed by atoms with Crippen molar-refractivity contribution < 1.29 is 14.3 Å². The van der Waals surface area contributed by atoms with Crippen LogP contribution in [0.15, 0.2) is 41.5 Å². The summed E-state index contributed by atoms with van der Waals surface area (Å²) < 4.78 is 5.50. The molecule has 0 heterocycles. The van der Waals surface area contributed by atoms with Gasteiger partial charge in [-0.25, -0.2) is 5.43 Å². The van der Waals surface area contributed by atoms with Crippen molar-refractivity contribution in [2.24, 2.45) is 5.10 Å². The molecule has 0 radical (unpaired) electrons. The van der Waals surface area contributed by atoms with Gasteiger partial charge in [-0.2, -0.15) is 5.10 Å². The molecule has 6 nitrogen and oxygen atoms in total. The summed E-state index contributed by atoms with van der Waals surface area (Å²) in [5, 5.41) is 8.12. The van der Waals surface area contributed by atoms with Gasteiger partial charge in [0, 0.05) is 26.5 Å². The van der Waals surface area contributed by atoms with Crippen LogP contribution in [0.5, 0.6) is 5.75 Å². The van der Waals surface area contributed by atoms with E-state index in [1.807, 2.05) is 0 Å². The first kappa shape index (κ1) is 23.3. The molecule has 0 aromatic heterocycles. The molecule has 2 N–H and O–H groups in total. The number of benzene rings is 2. The lowest BCUT2D eigenvalue weighted by molar-refractivity contribution is -0.127. The first-order valence-electron chi connectivity index (χ1n) is 8.34. The van der Waals surface area contributed by atoms with Crippen LogP contribution in [0.4, 0.5) is 5.69 Å². The molecule has 1 atom stereocenters. The van der Waals surface area contributed by atoms with Crippen molar-refractivity contribution in [2.75, 3.05) is 5.32 Å². The van der Waals surface area contributed by atoms with Crippen molar-refractivity contribution in [1.82, 2.24) is 5.43 Å². The van der Waals surface area contributed by atoms with Gasteiger partial charge in [-0.1, -0.05) is 46.4 Å². The smallest absolute Gasteiger partial charge is 0.280 e. The van der Waals surface area contributed by atoms with Crippen LogP contribution in [0, 0.1) is 0 Å². The molecule has 0 unspecified atom stereocenters. The second-order valence-corrected chi connectivity index (χ2v) is 7.76. The van der Waals surface area contributed by atoms with E-state index in [-0.39, 0.29) is 17.4 Å². The lowest BCUT2D eigenvalue weighted by Crippen LogP contribution is -2.34. The Hall–Kier alpha value is -1.99. The number of amides is 2. The van der Waals surface area contributed by atoms with Gasteiger partial charge in [-0.3, -0.25) is 9.59 Å². The normalized spacial score (nSPS) is 12.3. The van der Waals surface area contributed by atoms with E-state index in [2.05, 4.69) is 15.8 Å². The number of rotatable bonds is 7. The van der Waals surface area contributed by atoms with Gasteiger partial charge in [0.15, 0.2) is 6.10 Å². The number of nitrogens with one attached hydrogen (secondary N) is 2. The second kappa shape index (κ2) is 10.7. The van der Waals surface area contributed by atoms with Crippen LogP contribution in [-0.4, -0.2) is 23.6 Å². The third-order valence-corrected chi connectivity index (χ3v) is 4.45. The van der Waals surface area contributed by atoms with Crippen LogP contribution >= 0.6 is 46.4 Å². The zero-order chi connectivity index (χ0) is 21.6. The van der Waals surface area contributed by atoms with Gasteiger partial charge in [0.2, 0.25) is 5.91 Å². The predicted octanol–water partition coefficient (Wildman–Crippen LogP) is 5.59. The number of ether oxygens (including phenoxy) is 1. The van der Waals surface area contributed by atoms with Gasteiger partial charge in [0.25, 0.3) is 5.91 Å². The third-order valence-electron chi connectivity index (χ3n) is 3.49. The number of carbonyl (C=O) groups excluding carboxylic acids is 2. The van der Waals surface area contributed by atoms with Gasteiger partial charge in [0.05, 0.1) is 11.4 Å². The lowest BCUT2D eigenvalue weighted by atomic mass is 10.2. The van der Waals surface area contributed by atoms with Crippen LogP contribution in [0.25, 0.3) is 0 Å². The monoisotopic (exact) mass is 475 g/mol. The zero-order valence-electron chi connectivity index (χ0n) is 15.4.